The lowest BCUT2D eigenvalue weighted by atomic mass is 9.77. The van der Waals surface area contributed by atoms with Gasteiger partial charge in [0.2, 0.25) is 5.91 Å². The van der Waals surface area contributed by atoms with Gasteiger partial charge in [-0.1, -0.05) is 6.07 Å². The predicted octanol–water partition coefficient (Wildman–Crippen LogP) is -1.03. The first-order valence-corrected chi connectivity index (χ1v) is 10.1. The molecule has 0 bridgehead atoms. The first kappa shape index (κ1) is 20.9. The molecule has 1 saturated carbocycles. The second-order valence-corrected chi connectivity index (χ2v) is 8.57. The van der Waals surface area contributed by atoms with Crippen LogP contribution in [0.4, 0.5) is 0 Å². The molecule has 1 aromatic carbocycles. The number of benzene rings is 1. The zero-order valence-electron chi connectivity index (χ0n) is 16.8. The number of carboxylic acid groups (broad SMARTS) is 1. The highest BCUT2D eigenvalue weighted by Crippen LogP contribution is 2.60. The van der Waals surface area contributed by atoms with Crippen LogP contribution in [0, 0.1) is 0 Å². The van der Waals surface area contributed by atoms with Gasteiger partial charge in [-0.15, -0.1) is 0 Å². The fraction of sp³-hybridized carbons (Fsp3) is 0.579. The maximum Gasteiger partial charge on any atom is 0.526 e. The van der Waals surface area contributed by atoms with E-state index in [4.69, 9.17) is 20.9 Å². The third-order valence-corrected chi connectivity index (χ3v) is 5.93. The van der Waals surface area contributed by atoms with Crippen molar-refractivity contribution in [1.82, 2.24) is 10.2 Å². The molecule has 3 atom stereocenters. The number of rotatable bonds is 8. The van der Waals surface area contributed by atoms with Gasteiger partial charge in [-0.25, -0.2) is 4.79 Å². The second-order valence-electron chi connectivity index (χ2n) is 8.57. The monoisotopic (exact) mass is 418 g/mol. The highest BCUT2D eigenvalue weighted by Gasteiger charge is 2.54. The standard InChI is InChI=1S/C19H27BN4O6/c1-19(22,18(27)23-5-4-21)9-24-7-10(8-24)29-14-3-2-11-12-6-13(12)20(28)30-16(11)15(14)17(25)26/h2-3,10,12-13,28H,4-9,21-22H2,1H3,(H,23,27)(H,25,26)/t12-,13-,19+/m1/s1. The number of carboxylic acids is 1. The lowest BCUT2D eigenvalue weighted by Crippen LogP contribution is -2.64. The van der Waals surface area contributed by atoms with Crippen LogP contribution in [0.1, 0.15) is 35.2 Å². The smallest absolute Gasteiger partial charge is 0.526 e. The maximum atomic E-state index is 12.1. The molecule has 11 heteroatoms. The third-order valence-electron chi connectivity index (χ3n) is 5.93. The third kappa shape index (κ3) is 3.85. The zero-order chi connectivity index (χ0) is 21.6. The van der Waals surface area contributed by atoms with E-state index >= 15 is 0 Å². The topological polar surface area (TPSA) is 160 Å². The lowest BCUT2D eigenvalue weighted by Gasteiger charge is -2.42. The summed E-state index contributed by atoms with van der Waals surface area (Å²) >= 11 is 0. The summed E-state index contributed by atoms with van der Waals surface area (Å²) in [7, 11) is -0.984. The van der Waals surface area contributed by atoms with Crippen LogP contribution in [-0.4, -0.2) is 78.4 Å². The molecule has 0 aromatic heterocycles. The molecule has 7 N–H and O–H groups in total. The molecule has 2 fully saturated rings. The van der Waals surface area contributed by atoms with Crippen LogP contribution in [0.3, 0.4) is 0 Å². The van der Waals surface area contributed by atoms with E-state index < -0.39 is 18.6 Å². The quantitative estimate of drug-likeness (QED) is 0.333. The molecule has 2 aliphatic heterocycles. The molecular formula is C19H27BN4O6. The molecule has 10 nitrogen and oxygen atoms in total. The van der Waals surface area contributed by atoms with E-state index in [0.29, 0.717) is 32.7 Å². The molecule has 1 aromatic rings. The summed E-state index contributed by atoms with van der Waals surface area (Å²) in [5.41, 5.74) is 11.2. The average Bonchev–Trinajstić information content (AvgIpc) is 3.45. The van der Waals surface area contributed by atoms with Gasteiger partial charge in [-0.3, -0.25) is 9.69 Å². The minimum Gasteiger partial charge on any atom is -0.535 e. The molecule has 0 radical (unpaired) electrons. The van der Waals surface area contributed by atoms with Gasteiger partial charge in [-0.05, 0) is 30.9 Å². The number of ether oxygens (including phenoxy) is 1. The van der Waals surface area contributed by atoms with Crippen LogP contribution >= 0.6 is 0 Å². The second kappa shape index (κ2) is 7.73. The maximum absolute atomic E-state index is 12.1. The Labute approximate surface area is 174 Å². The minimum absolute atomic E-state index is 0.0405. The Morgan fingerprint density at radius 2 is 2.17 bits per heavy atom. The fourth-order valence-electron chi connectivity index (χ4n) is 4.23. The molecule has 2 heterocycles. The largest absolute Gasteiger partial charge is 0.535 e. The van der Waals surface area contributed by atoms with E-state index in [1.807, 2.05) is 11.0 Å². The molecular weight excluding hydrogens is 391 g/mol. The average molecular weight is 418 g/mol. The molecule has 1 saturated heterocycles. The van der Waals surface area contributed by atoms with E-state index in [2.05, 4.69) is 5.32 Å². The summed E-state index contributed by atoms with van der Waals surface area (Å²) in [6.45, 7) is 3.75. The highest BCUT2D eigenvalue weighted by atomic mass is 16.5. The van der Waals surface area contributed by atoms with Crippen LogP contribution in [0.25, 0.3) is 0 Å². The van der Waals surface area contributed by atoms with Crippen LogP contribution in [0.2, 0.25) is 5.82 Å². The van der Waals surface area contributed by atoms with Crippen LogP contribution in [0.5, 0.6) is 11.5 Å². The molecule has 4 rings (SSSR count). The molecule has 162 valence electrons. The Morgan fingerprint density at radius 1 is 1.43 bits per heavy atom. The van der Waals surface area contributed by atoms with Gasteiger partial charge in [0.15, 0.2) is 0 Å². The number of amides is 1. The lowest BCUT2D eigenvalue weighted by molar-refractivity contribution is -0.127. The molecule has 0 spiro atoms. The van der Waals surface area contributed by atoms with Crippen LogP contribution in [-0.2, 0) is 4.79 Å². The Hall–Kier alpha value is -2.34. The Balaban J connectivity index is 1.39. The highest BCUT2D eigenvalue weighted by molar-refractivity contribution is 6.48. The number of nitrogens with zero attached hydrogens (tertiary/aromatic N) is 1. The van der Waals surface area contributed by atoms with Gasteiger partial charge in [0.1, 0.15) is 28.7 Å². The minimum atomic E-state index is -1.16. The van der Waals surface area contributed by atoms with Crippen molar-refractivity contribution in [2.75, 3.05) is 32.7 Å². The number of nitrogens with one attached hydrogen (secondary N) is 1. The van der Waals surface area contributed by atoms with Gasteiger partial charge in [0.25, 0.3) is 0 Å². The van der Waals surface area contributed by atoms with E-state index in [1.54, 1.807) is 13.0 Å². The number of hydrogen-bond donors (Lipinski definition) is 5. The zero-order valence-corrected chi connectivity index (χ0v) is 16.8. The first-order valence-electron chi connectivity index (χ1n) is 10.1. The van der Waals surface area contributed by atoms with Crippen molar-refractivity contribution in [3.8, 4) is 11.5 Å². The van der Waals surface area contributed by atoms with Crippen LogP contribution < -0.4 is 26.2 Å². The van der Waals surface area contributed by atoms with Gasteiger partial charge in [0, 0.05) is 38.5 Å². The molecule has 0 unspecified atom stereocenters. The Morgan fingerprint density at radius 3 is 2.83 bits per heavy atom. The van der Waals surface area contributed by atoms with Crippen molar-refractivity contribution >= 4 is 19.0 Å². The number of aromatic carboxylic acids is 1. The van der Waals surface area contributed by atoms with Crippen molar-refractivity contribution in [3.63, 3.8) is 0 Å². The molecule has 1 amide bonds. The van der Waals surface area contributed by atoms with E-state index in [9.17, 15) is 19.7 Å². The van der Waals surface area contributed by atoms with E-state index in [1.165, 1.54) is 0 Å². The van der Waals surface area contributed by atoms with Crippen molar-refractivity contribution < 1.29 is 29.1 Å². The SMILES string of the molecule is C[C@](N)(CN1CC(Oc2ccc3c(c2C(=O)O)OB(O)[C@@H]2C[C@H]32)C1)C(=O)NCCN. The number of likely N-dealkylation sites (tertiary alicyclic amines) is 1. The van der Waals surface area contributed by atoms with E-state index in [-0.39, 0.29) is 40.8 Å². The number of carbonyl (C=O) groups is 2. The number of nitrogens with two attached hydrogens (primary N) is 2. The summed E-state index contributed by atoms with van der Waals surface area (Å²) in [5.74, 6) is -0.826. The predicted molar refractivity (Wildman–Crippen MR) is 109 cm³/mol. The first-order chi connectivity index (χ1) is 14.2. The normalized spacial score (nSPS) is 24.6. The fourth-order valence-corrected chi connectivity index (χ4v) is 4.23. The van der Waals surface area contributed by atoms with Crippen molar-refractivity contribution in [2.24, 2.45) is 11.5 Å². The van der Waals surface area contributed by atoms with Crippen molar-refractivity contribution in [1.29, 1.82) is 0 Å². The summed E-state index contributed by atoms with van der Waals surface area (Å²) in [6, 6.07) is 3.48. The van der Waals surface area contributed by atoms with Gasteiger partial charge < -0.3 is 36.3 Å². The Bertz CT molecular complexity index is 860. The van der Waals surface area contributed by atoms with Gasteiger partial charge in [-0.2, -0.15) is 0 Å². The number of fused-ring (bicyclic) bond motifs is 3. The van der Waals surface area contributed by atoms with Crippen molar-refractivity contribution in [3.05, 3.63) is 23.3 Å². The summed E-state index contributed by atoms with van der Waals surface area (Å²) in [5, 5.41) is 22.4. The molecule has 3 aliphatic rings. The number of hydrogen-bond acceptors (Lipinski definition) is 8. The Kier molecular flexibility index (Phi) is 5.39. The summed E-state index contributed by atoms with van der Waals surface area (Å²) in [4.78, 5) is 26.0. The van der Waals surface area contributed by atoms with Crippen molar-refractivity contribution in [2.45, 2.75) is 36.7 Å². The molecule has 1 aliphatic carbocycles. The van der Waals surface area contributed by atoms with Gasteiger partial charge >= 0.3 is 13.1 Å². The van der Waals surface area contributed by atoms with Gasteiger partial charge in [0.05, 0.1) is 0 Å². The summed E-state index contributed by atoms with van der Waals surface area (Å²) in [6.07, 6.45) is 0.563. The summed E-state index contributed by atoms with van der Waals surface area (Å²) < 4.78 is 11.4. The van der Waals surface area contributed by atoms with E-state index in [0.717, 1.165) is 12.0 Å². The van der Waals surface area contributed by atoms with Crippen LogP contribution in [0.15, 0.2) is 12.1 Å². The number of carbonyl (C=O) groups excluding carboxylic acids is 1. The molecule has 30 heavy (non-hydrogen) atoms.